The number of benzene rings is 1. The van der Waals surface area contributed by atoms with Crippen molar-refractivity contribution in [2.75, 3.05) is 7.11 Å². The number of allylic oxidation sites excluding steroid dienone is 1. The second kappa shape index (κ2) is 7.99. The quantitative estimate of drug-likeness (QED) is 0.812. The Labute approximate surface area is 119 Å². The number of carbonyl (C=O) groups is 2. The van der Waals surface area contributed by atoms with Gasteiger partial charge in [-0.2, -0.15) is 0 Å². The molecule has 5 heteroatoms. The van der Waals surface area contributed by atoms with E-state index in [0.717, 1.165) is 5.56 Å². The van der Waals surface area contributed by atoms with E-state index >= 15 is 0 Å². The van der Waals surface area contributed by atoms with Crippen LogP contribution in [0, 0.1) is 5.92 Å². The van der Waals surface area contributed by atoms with Crippen LogP contribution < -0.4 is 10.6 Å². The molecule has 1 rings (SSSR count). The summed E-state index contributed by atoms with van der Waals surface area (Å²) in [6, 6.07) is 6.62. The Morgan fingerprint density at radius 2 is 1.90 bits per heavy atom. The molecule has 0 saturated carbocycles. The number of amides is 2. The molecule has 1 aromatic rings. The molecular weight excluding hydrogens is 256 g/mol. The van der Waals surface area contributed by atoms with Crippen molar-refractivity contribution < 1.29 is 14.3 Å². The van der Waals surface area contributed by atoms with Crippen LogP contribution in [0.2, 0.25) is 0 Å². The number of urea groups is 1. The van der Waals surface area contributed by atoms with Crippen LogP contribution in [0.1, 0.15) is 29.8 Å². The van der Waals surface area contributed by atoms with Crippen molar-refractivity contribution in [1.29, 1.82) is 0 Å². The van der Waals surface area contributed by atoms with Gasteiger partial charge in [0.2, 0.25) is 0 Å². The fourth-order valence-electron chi connectivity index (χ4n) is 1.43. The van der Waals surface area contributed by atoms with Crippen molar-refractivity contribution in [3.63, 3.8) is 0 Å². The topological polar surface area (TPSA) is 67.4 Å². The van der Waals surface area contributed by atoms with E-state index in [1.807, 2.05) is 19.9 Å². The molecular formula is C15H20N2O3. The summed E-state index contributed by atoms with van der Waals surface area (Å²) < 4.78 is 4.61. The van der Waals surface area contributed by atoms with Crippen LogP contribution in [0.5, 0.6) is 0 Å². The van der Waals surface area contributed by atoms with Crippen LogP contribution in [-0.2, 0) is 11.3 Å². The Bertz CT molecular complexity index is 478. The molecule has 108 valence electrons. The molecule has 0 aliphatic heterocycles. The second-order valence-electron chi connectivity index (χ2n) is 4.62. The van der Waals surface area contributed by atoms with Crippen LogP contribution in [0.3, 0.4) is 0 Å². The summed E-state index contributed by atoms with van der Waals surface area (Å²) in [4.78, 5) is 22.7. The SMILES string of the molecule is COC(=O)c1ccc(CNC(=O)N/C=C/C(C)C)cc1. The van der Waals surface area contributed by atoms with Gasteiger partial charge in [0.1, 0.15) is 0 Å². The molecule has 2 amide bonds. The lowest BCUT2D eigenvalue weighted by atomic mass is 10.1. The molecule has 0 atom stereocenters. The lowest BCUT2D eigenvalue weighted by molar-refractivity contribution is 0.0600. The summed E-state index contributed by atoms with van der Waals surface area (Å²) in [6.07, 6.45) is 3.52. The van der Waals surface area contributed by atoms with E-state index in [2.05, 4.69) is 15.4 Å². The van der Waals surface area contributed by atoms with Gasteiger partial charge >= 0.3 is 12.0 Å². The van der Waals surface area contributed by atoms with E-state index in [1.54, 1.807) is 30.5 Å². The Morgan fingerprint density at radius 1 is 1.25 bits per heavy atom. The van der Waals surface area contributed by atoms with Crippen LogP contribution >= 0.6 is 0 Å². The Morgan fingerprint density at radius 3 is 2.45 bits per heavy atom. The second-order valence-corrected chi connectivity index (χ2v) is 4.62. The smallest absolute Gasteiger partial charge is 0.337 e. The zero-order chi connectivity index (χ0) is 15.0. The van der Waals surface area contributed by atoms with E-state index in [4.69, 9.17) is 0 Å². The fourth-order valence-corrected chi connectivity index (χ4v) is 1.43. The molecule has 5 nitrogen and oxygen atoms in total. The molecule has 0 bridgehead atoms. The largest absolute Gasteiger partial charge is 0.465 e. The highest BCUT2D eigenvalue weighted by Gasteiger charge is 2.04. The van der Waals surface area contributed by atoms with Crippen LogP contribution in [-0.4, -0.2) is 19.1 Å². The van der Waals surface area contributed by atoms with E-state index in [-0.39, 0.29) is 12.0 Å². The molecule has 0 fully saturated rings. The molecule has 20 heavy (non-hydrogen) atoms. The lowest BCUT2D eigenvalue weighted by Crippen LogP contribution is -2.31. The lowest BCUT2D eigenvalue weighted by Gasteiger charge is -2.06. The molecule has 0 spiro atoms. The first-order valence-electron chi connectivity index (χ1n) is 6.41. The predicted octanol–water partition coefficient (Wildman–Crippen LogP) is 2.44. The molecule has 2 N–H and O–H groups in total. The number of rotatable bonds is 5. The first-order chi connectivity index (χ1) is 9.52. The Balaban J connectivity index is 2.42. The molecule has 0 radical (unpaired) electrons. The standard InChI is InChI=1S/C15H20N2O3/c1-11(2)8-9-16-15(19)17-10-12-4-6-13(7-5-12)14(18)20-3/h4-9,11H,10H2,1-3H3,(H2,16,17,19)/b9-8+. The van der Waals surface area contributed by atoms with E-state index in [1.165, 1.54) is 7.11 Å². The third-order valence-electron chi connectivity index (χ3n) is 2.52. The van der Waals surface area contributed by atoms with Crippen molar-refractivity contribution in [3.05, 3.63) is 47.7 Å². The molecule has 1 aromatic carbocycles. The normalized spacial score (nSPS) is 10.6. The summed E-state index contributed by atoms with van der Waals surface area (Å²) in [6.45, 7) is 4.45. The molecule has 0 heterocycles. The van der Waals surface area contributed by atoms with Gasteiger partial charge in [-0.3, -0.25) is 0 Å². The number of methoxy groups -OCH3 is 1. The number of nitrogens with one attached hydrogen (secondary N) is 2. The Hall–Kier alpha value is -2.30. The average Bonchev–Trinajstić information content (AvgIpc) is 2.44. The molecule has 0 aromatic heterocycles. The Kier molecular flexibility index (Phi) is 6.29. The minimum absolute atomic E-state index is 0.265. The van der Waals surface area contributed by atoms with Gasteiger partial charge in [-0.25, -0.2) is 9.59 Å². The third-order valence-corrected chi connectivity index (χ3v) is 2.52. The van der Waals surface area contributed by atoms with Gasteiger partial charge in [0.05, 0.1) is 12.7 Å². The predicted molar refractivity (Wildman–Crippen MR) is 77.1 cm³/mol. The zero-order valence-electron chi connectivity index (χ0n) is 12.0. The van der Waals surface area contributed by atoms with Crippen molar-refractivity contribution >= 4 is 12.0 Å². The van der Waals surface area contributed by atoms with Gasteiger partial charge in [0.25, 0.3) is 0 Å². The monoisotopic (exact) mass is 276 g/mol. The molecule has 0 aliphatic rings. The highest BCUT2D eigenvalue weighted by molar-refractivity contribution is 5.89. The minimum Gasteiger partial charge on any atom is -0.465 e. The van der Waals surface area contributed by atoms with Crippen LogP contribution in [0.25, 0.3) is 0 Å². The van der Waals surface area contributed by atoms with Gasteiger partial charge in [-0.1, -0.05) is 32.1 Å². The van der Waals surface area contributed by atoms with E-state index < -0.39 is 0 Å². The summed E-state index contributed by atoms with van der Waals surface area (Å²) in [5.41, 5.74) is 1.39. The average molecular weight is 276 g/mol. The highest BCUT2D eigenvalue weighted by Crippen LogP contribution is 2.05. The van der Waals surface area contributed by atoms with Crippen LogP contribution in [0.4, 0.5) is 4.79 Å². The number of hydrogen-bond acceptors (Lipinski definition) is 3. The van der Waals surface area contributed by atoms with Crippen LogP contribution in [0.15, 0.2) is 36.5 Å². The number of hydrogen-bond donors (Lipinski definition) is 2. The number of ether oxygens (including phenoxy) is 1. The maximum Gasteiger partial charge on any atom is 0.337 e. The van der Waals surface area contributed by atoms with Crippen molar-refractivity contribution in [2.24, 2.45) is 5.92 Å². The van der Waals surface area contributed by atoms with Crippen molar-refractivity contribution in [3.8, 4) is 0 Å². The van der Waals surface area contributed by atoms with Gasteiger partial charge in [-0.15, -0.1) is 0 Å². The van der Waals surface area contributed by atoms with Crippen molar-refractivity contribution in [2.45, 2.75) is 20.4 Å². The minimum atomic E-state index is -0.374. The van der Waals surface area contributed by atoms with Gasteiger partial charge in [0.15, 0.2) is 0 Å². The summed E-state index contributed by atoms with van der Waals surface area (Å²) >= 11 is 0. The third kappa shape index (κ3) is 5.56. The maximum absolute atomic E-state index is 11.5. The summed E-state index contributed by atoms with van der Waals surface area (Å²) in [7, 11) is 1.34. The number of esters is 1. The highest BCUT2D eigenvalue weighted by atomic mass is 16.5. The van der Waals surface area contributed by atoms with Crippen molar-refractivity contribution in [1.82, 2.24) is 10.6 Å². The van der Waals surface area contributed by atoms with E-state index in [0.29, 0.717) is 18.0 Å². The number of carbonyl (C=O) groups excluding carboxylic acids is 2. The van der Waals surface area contributed by atoms with Gasteiger partial charge in [0, 0.05) is 12.7 Å². The maximum atomic E-state index is 11.5. The summed E-state index contributed by atoms with van der Waals surface area (Å²) in [5, 5.41) is 5.34. The molecule has 0 unspecified atom stereocenters. The van der Waals surface area contributed by atoms with E-state index in [9.17, 15) is 9.59 Å². The first kappa shape index (κ1) is 15.8. The summed E-state index contributed by atoms with van der Waals surface area (Å²) in [5.74, 6) is 0.0160. The molecule has 0 saturated heterocycles. The molecule has 0 aliphatic carbocycles. The zero-order valence-corrected chi connectivity index (χ0v) is 12.0. The first-order valence-corrected chi connectivity index (χ1v) is 6.41. The van der Waals surface area contributed by atoms with Gasteiger partial charge in [-0.05, 0) is 23.6 Å². The van der Waals surface area contributed by atoms with Gasteiger partial charge < -0.3 is 15.4 Å². The fraction of sp³-hybridized carbons (Fsp3) is 0.333.